The molecule has 4 rings (SSSR count). The smallest absolute Gasteiger partial charge is 0.255 e. The number of nitrogens with zero attached hydrogens (tertiary/aromatic N) is 1. The van der Waals surface area contributed by atoms with Gasteiger partial charge in [0.1, 0.15) is 5.82 Å². The summed E-state index contributed by atoms with van der Waals surface area (Å²) in [6.07, 6.45) is 0. The Balaban J connectivity index is 1.67. The van der Waals surface area contributed by atoms with Crippen LogP contribution < -0.4 is 5.32 Å². The first-order valence-corrected chi connectivity index (χ1v) is 8.95. The fourth-order valence-corrected chi connectivity index (χ4v) is 3.31. The lowest BCUT2D eigenvalue weighted by Crippen LogP contribution is -2.12. The van der Waals surface area contributed by atoms with Crippen LogP contribution in [0, 0.1) is 20.8 Å². The predicted molar refractivity (Wildman–Crippen MR) is 110 cm³/mol. The van der Waals surface area contributed by atoms with Crippen molar-refractivity contribution in [3.63, 3.8) is 0 Å². The van der Waals surface area contributed by atoms with Gasteiger partial charge >= 0.3 is 0 Å². The van der Waals surface area contributed by atoms with Crippen LogP contribution in [0.2, 0.25) is 0 Å². The molecule has 4 aromatic rings. The highest BCUT2D eigenvalue weighted by atomic mass is 16.1. The number of H-pyrrole nitrogens is 1. The number of amides is 1. The molecular weight excluding hydrogens is 334 g/mol. The molecular formula is C23H21N3O. The van der Waals surface area contributed by atoms with Crippen LogP contribution in [0.25, 0.3) is 22.2 Å². The maximum Gasteiger partial charge on any atom is 0.255 e. The molecule has 134 valence electrons. The normalized spacial score (nSPS) is 10.9. The fourth-order valence-electron chi connectivity index (χ4n) is 3.31. The van der Waals surface area contributed by atoms with Crippen molar-refractivity contribution in [3.05, 3.63) is 83.2 Å². The molecule has 2 N–H and O–H groups in total. The molecule has 0 aliphatic heterocycles. The second kappa shape index (κ2) is 6.72. The number of hydrogen-bond acceptors (Lipinski definition) is 2. The summed E-state index contributed by atoms with van der Waals surface area (Å²) in [5.41, 5.74) is 7.81. The summed E-state index contributed by atoms with van der Waals surface area (Å²) in [4.78, 5) is 20.3. The van der Waals surface area contributed by atoms with Crippen molar-refractivity contribution in [1.82, 2.24) is 9.97 Å². The molecule has 4 nitrogen and oxygen atoms in total. The van der Waals surface area contributed by atoms with Gasteiger partial charge < -0.3 is 10.3 Å². The van der Waals surface area contributed by atoms with Gasteiger partial charge in [-0.05, 0) is 73.9 Å². The molecule has 1 aromatic heterocycles. The molecule has 1 heterocycles. The Labute approximate surface area is 158 Å². The van der Waals surface area contributed by atoms with Gasteiger partial charge in [0.2, 0.25) is 0 Å². The number of carbonyl (C=O) groups excluding carboxylic acids is 1. The van der Waals surface area contributed by atoms with Crippen molar-refractivity contribution in [2.24, 2.45) is 0 Å². The number of aromatic nitrogens is 2. The van der Waals surface area contributed by atoms with Crippen LogP contribution in [0.15, 0.2) is 60.7 Å². The van der Waals surface area contributed by atoms with Crippen molar-refractivity contribution in [2.45, 2.75) is 20.8 Å². The molecule has 0 unspecified atom stereocenters. The summed E-state index contributed by atoms with van der Waals surface area (Å²) in [6.45, 7) is 6.00. The first-order valence-electron chi connectivity index (χ1n) is 8.95. The monoisotopic (exact) mass is 355 g/mol. The third-order valence-electron chi connectivity index (χ3n) is 4.69. The van der Waals surface area contributed by atoms with Crippen LogP contribution in [-0.4, -0.2) is 15.9 Å². The number of aryl methyl sites for hydroxylation is 3. The van der Waals surface area contributed by atoms with Gasteiger partial charge in [-0.25, -0.2) is 4.98 Å². The Morgan fingerprint density at radius 1 is 0.963 bits per heavy atom. The minimum atomic E-state index is -0.104. The van der Waals surface area contributed by atoms with E-state index in [9.17, 15) is 4.79 Å². The van der Waals surface area contributed by atoms with E-state index in [0.717, 1.165) is 44.8 Å². The SMILES string of the molecule is Cc1cccc(C(=O)Nc2ccc(C)c(-c3ccc4nc(C)[nH]c4c3)c2)c1. The standard InChI is InChI=1S/C23H21N3O/c1-14-5-4-6-18(11-14)23(27)26-19-9-7-15(2)20(13-19)17-8-10-21-22(12-17)25-16(3)24-21/h4-13H,1-3H3,(H,24,25)(H,26,27). The van der Waals surface area contributed by atoms with Gasteiger partial charge in [0, 0.05) is 11.3 Å². The third-order valence-corrected chi connectivity index (χ3v) is 4.69. The molecule has 27 heavy (non-hydrogen) atoms. The second-order valence-electron chi connectivity index (χ2n) is 6.91. The maximum atomic E-state index is 12.6. The third kappa shape index (κ3) is 3.47. The van der Waals surface area contributed by atoms with Crippen LogP contribution in [0.1, 0.15) is 27.3 Å². The molecule has 0 radical (unpaired) electrons. The van der Waals surface area contributed by atoms with Crippen LogP contribution in [0.4, 0.5) is 5.69 Å². The lowest BCUT2D eigenvalue weighted by Gasteiger charge is -2.11. The molecule has 0 aliphatic carbocycles. The fraction of sp³-hybridized carbons (Fsp3) is 0.130. The highest BCUT2D eigenvalue weighted by molar-refractivity contribution is 6.04. The largest absolute Gasteiger partial charge is 0.342 e. The minimum Gasteiger partial charge on any atom is -0.342 e. The molecule has 0 spiro atoms. The lowest BCUT2D eigenvalue weighted by molar-refractivity contribution is 0.102. The topological polar surface area (TPSA) is 57.8 Å². The van der Waals surface area contributed by atoms with E-state index < -0.39 is 0 Å². The van der Waals surface area contributed by atoms with E-state index in [0.29, 0.717) is 5.56 Å². The summed E-state index contributed by atoms with van der Waals surface area (Å²) >= 11 is 0. The van der Waals surface area contributed by atoms with Crippen molar-refractivity contribution >= 4 is 22.6 Å². The summed E-state index contributed by atoms with van der Waals surface area (Å²) in [7, 11) is 0. The van der Waals surface area contributed by atoms with Gasteiger partial charge in [0.15, 0.2) is 0 Å². The maximum absolute atomic E-state index is 12.6. The number of fused-ring (bicyclic) bond motifs is 1. The zero-order chi connectivity index (χ0) is 19.0. The van der Waals surface area contributed by atoms with E-state index in [1.165, 1.54) is 0 Å². The average Bonchev–Trinajstić information content (AvgIpc) is 3.02. The first-order chi connectivity index (χ1) is 13.0. The van der Waals surface area contributed by atoms with Crippen molar-refractivity contribution in [1.29, 1.82) is 0 Å². The number of carbonyl (C=O) groups is 1. The number of hydrogen-bond donors (Lipinski definition) is 2. The Kier molecular flexibility index (Phi) is 4.24. The number of aromatic amines is 1. The van der Waals surface area contributed by atoms with Gasteiger partial charge in [-0.2, -0.15) is 0 Å². The van der Waals surface area contributed by atoms with E-state index in [-0.39, 0.29) is 5.91 Å². The van der Waals surface area contributed by atoms with Gasteiger partial charge in [0.05, 0.1) is 11.0 Å². The van der Waals surface area contributed by atoms with E-state index in [1.54, 1.807) is 0 Å². The lowest BCUT2D eigenvalue weighted by atomic mass is 9.99. The van der Waals surface area contributed by atoms with E-state index in [2.05, 4.69) is 34.3 Å². The van der Waals surface area contributed by atoms with Crippen LogP contribution in [-0.2, 0) is 0 Å². The molecule has 0 atom stereocenters. The molecule has 1 amide bonds. The molecule has 0 saturated carbocycles. The van der Waals surface area contributed by atoms with E-state index in [4.69, 9.17) is 0 Å². The number of anilines is 1. The van der Waals surface area contributed by atoms with Gasteiger partial charge in [0.25, 0.3) is 5.91 Å². The van der Waals surface area contributed by atoms with Crippen LogP contribution in [0.3, 0.4) is 0 Å². The molecule has 4 heteroatoms. The molecule has 0 saturated heterocycles. The number of benzene rings is 3. The Morgan fingerprint density at radius 3 is 2.63 bits per heavy atom. The number of rotatable bonds is 3. The Bertz CT molecular complexity index is 1160. The van der Waals surface area contributed by atoms with Gasteiger partial charge in [-0.1, -0.05) is 29.8 Å². The molecule has 0 bridgehead atoms. The molecule has 3 aromatic carbocycles. The quantitative estimate of drug-likeness (QED) is 0.516. The number of imidazole rings is 1. The molecule has 0 aliphatic rings. The van der Waals surface area contributed by atoms with Crippen molar-refractivity contribution in [3.8, 4) is 11.1 Å². The number of nitrogens with one attached hydrogen (secondary N) is 2. The average molecular weight is 355 g/mol. The Hall–Kier alpha value is -3.40. The van der Waals surface area contributed by atoms with E-state index >= 15 is 0 Å². The van der Waals surface area contributed by atoms with Gasteiger partial charge in [-0.15, -0.1) is 0 Å². The zero-order valence-corrected chi connectivity index (χ0v) is 15.6. The summed E-state index contributed by atoms with van der Waals surface area (Å²) < 4.78 is 0. The van der Waals surface area contributed by atoms with Crippen molar-refractivity contribution in [2.75, 3.05) is 5.32 Å². The summed E-state index contributed by atoms with van der Waals surface area (Å²) in [6, 6.07) is 19.8. The highest BCUT2D eigenvalue weighted by Gasteiger charge is 2.10. The minimum absolute atomic E-state index is 0.104. The van der Waals surface area contributed by atoms with Crippen LogP contribution in [0.5, 0.6) is 0 Å². The Morgan fingerprint density at radius 2 is 1.81 bits per heavy atom. The second-order valence-corrected chi connectivity index (χ2v) is 6.91. The van der Waals surface area contributed by atoms with Crippen LogP contribution >= 0.6 is 0 Å². The first kappa shape index (κ1) is 17.0. The zero-order valence-electron chi connectivity index (χ0n) is 15.6. The van der Waals surface area contributed by atoms with E-state index in [1.807, 2.05) is 62.4 Å². The summed E-state index contributed by atoms with van der Waals surface area (Å²) in [5.74, 6) is 0.797. The summed E-state index contributed by atoms with van der Waals surface area (Å²) in [5, 5.41) is 3.00. The van der Waals surface area contributed by atoms with Gasteiger partial charge in [-0.3, -0.25) is 4.79 Å². The highest BCUT2D eigenvalue weighted by Crippen LogP contribution is 2.29. The predicted octanol–water partition coefficient (Wildman–Crippen LogP) is 5.41. The van der Waals surface area contributed by atoms with Crippen molar-refractivity contribution < 1.29 is 4.79 Å². The molecule has 0 fully saturated rings.